The Labute approximate surface area is 92.4 Å². The minimum Gasteiger partial charge on any atom is -0.396 e. The molecule has 0 aromatic rings. The number of rotatable bonds is 7. The van der Waals surface area contributed by atoms with Gasteiger partial charge in [0.25, 0.3) is 0 Å². The third-order valence-electron chi connectivity index (χ3n) is 2.45. The van der Waals surface area contributed by atoms with Gasteiger partial charge in [-0.3, -0.25) is 4.79 Å². The first-order chi connectivity index (χ1) is 6.91. The van der Waals surface area contributed by atoms with E-state index in [0.29, 0.717) is 13.1 Å². The van der Waals surface area contributed by atoms with Gasteiger partial charge in [0.1, 0.15) is 0 Å². The lowest BCUT2D eigenvalue weighted by Crippen LogP contribution is -2.47. The van der Waals surface area contributed by atoms with Crippen LogP contribution in [0.5, 0.6) is 0 Å². The third-order valence-corrected chi connectivity index (χ3v) is 2.45. The van der Waals surface area contributed by atoms with Crippen molar-refractivity contribution in [1.82, 2.24) is 10.6 Å². The molecule has 0 rings (SSSR count). The lowest BCUT2D eigenvalue weighted by Gasteiger charge is -2.24. The Morgan fingerprint density at radius 1 is 1.47 bits per heavy atom. The zero-order valence-electron chi connectivity index (χ0n) is 10.3. The molecule has 1 unspecified atom stereocenters. The highest BCUT2D eigenvalue weighted by Gasteiger charge is 2.17. The molecule has 0 aliphatic heterocycles. The molecule has 0 saturated carbocycles. The van der Waals surface area contributed by atoms with Gasteiger partial charge in [-0.2, -0.15) is 0 Å². The summed E-state index contributed by atoms with van der Waals surface area (Å²) in [6.07, 6.45) is 0.909. The predicted octanol–water partition coefficient (Wildman–Crippen LogP) is 0.509. The normalized spacial score (nSPS) is 13.7. The van der Waals surface area contributed by atoms with Crippen LogP contribution in [0.4, 0.5) is 0 Å². The van der Waals surface area contributed by atoms with E-state index in [2.05, 4.69) is 10.6 Å². The Kier molecular flexibility index (Phi) is 6.52. The minimum atomic E-state index is -0.138. The molecular formula is C11H24N2O2. The van der Waals surface area contributed by atoms with Crippen molar-refractivity contribution in [2.24, 2.45) is 5.92 Å². The Bertz CT molecular complexity index is 193. The fraction of sp³-hybridized carbons (Fsp3) is 0.909. The summed E-state index contributed by atoms with van der Waals surface area (Å²) in [4.78, 5) is 11.5. The summed E-state index contributed by atoms with van der Waals surface area (Å²) in [5, 5.41) is 14.7. The fourth-order valence-electron chi connectivity index (χ4n) is 1.01. The summed E-state index contributed by atoms with van der Waals surface area (Å²) >= 11 is 0. The van der Waals surface area contributed by atoms with Gasteiger partial charge in [-0.1, -0.05) is 13.8 Å². The van der Waals surface area contributed by atoms with Gasteiger partial charge in [-0.05, 0) is 26.2 Å². The van der Waals surface area contributed by atoms with Crippen LogP contribution in [0.2, 0.25) is 0 Å². The Morgan fingerprint density at radius 3 is 2.53 bits per heavy atom. The summed E-state index contributed by atoms with van der Waals surface area (Å²) in [5.41, 5.74) is -0.138. The standard InChI is InChI=1S/C11H24N2O2/c1-5-11(3,4)13-10(15)7-12-6-9(2)8-14/h9,12,14H,5-8H2,1-4H3,(H,13,15). The molecule has 0 bridgehead atoms. The summed E-state index contributed by atoms with van der Waals surface area (Å²) in [6.45, 7) is 9.10. The predicted molar refractivity (Wildman–Crippen MR) is 61.6 cm³/mol. The minimum absolute atomic E-state index is 0.00647. The molecular weight excluding hydrogens is 192 g/mol. The molecule has 0 aliphatic carbocycles. The van der Waals surface area contributed by atoms with E-state index in [1.807, 2.05) is 27.7 Å². The quantitative estimate of drug-likeness (QED) is 0.581. The van der Waals surface area contributed by atoms with Crippen LogP contribution in [0.15, 0.2) is 0 Å². The lowest BCUT2D eigenvalue weighted by molar-refractivity contribution is -0.121. The number of hydrogen-bond acceptors (Lipinski definition) is 3. The molecule has 1 atom stereocenters. The van der Waals surface area contributed by atoms with Crippen molar-refractivity contribution < 1.29 is 9.90 Å². The van der Waals surface area contributed by atoms with Gasteiger partial charge in [0, 0.05) is 18.7 Å². The second-order valence-electron chi connectivity index (χ2n) is 4.70. The van der Waals surface area contributed by atoms with E-state index in [4.69, 9.17) is 5.11 Å². The highest BCUT2D eigenvalue weighted by atomic mass is 16.3. The number of nitrogens with one attached hydrogen (secondary N) is 2. The van der Waals surface area contributed by atoms with Gasteiger partial charge in [-0.15, -0.1) is 0 Å². The van der Waals surface area contributed by atoms with E-state index < -0.39 is 0 Å². The molecule has 15 heavy (non-hydrogen) atoms. The van der Waals surface area contributed by atoms with Gasteiger partial charge in [0.2, 0.25) is 5.91 Å². The van der Waals surface area contributed by atoms with E-state index in [1.54, 1.807) is 0 Å². The molecule has 1 amide bonds. The van der Waals surface area contributed by atoms with Gasteiger partial charge in [-0.25, -0.2) is 0 Å². The molecule has 4 nitrogen and oxygen atoms in total. The maximum atomic E-state index is 11.5. The molecule has 0 fully saturated rings. The van der Waals surface area contributed by atoms with Crippen molar-refractivity contribution in [2.75, 3.05) is 19.7 Å². The Hall–Kier alpha value is -0.610. The smallest absolute Gasteiger partial charge is 0.234 e. The molecule has 0 spiro atoms. The van der Waals surface area contributed by atoms with E-state index >= 15 is 0 Å². The van der Waals surface area contributed by atoms with Gasteiger partial charge < -0.3 is 15.7 Å². The molecule has 90 valence electrons. The summed E-state index contributed by atoms with van der Waals surface area (Å²) in [7, 11) is 0. The first kappa shape index (κ1) is 14.4. The van der Waals surface area contributed by atoms with Crippen LogP contribution in [-0.2, 0) is 4.79 Å². The first-order valence-corrected chi connectivity index (χ1v) is 5.54. The summed E-state index contributed by atoms with van der Waals surface area (Å²) in [6, 6.07) is 0. The Morgan fingerprint density at radius 2 is 2.07 bits per heavy atom. The fourth-order valence-corrected chi connectivity index (χ4v) is 1.01. The zero-order chi connectivity index (χ0) is 11.9. The van der Waals surface area contributed by atoms with E-state index in [0.717, 1.165) is 6.42 Å². The molecule has 0 saturated heterocycles. The van der Waals surface area contributed by atoms with Crippen LogP contribution in [-0.4, -0.2) is 36.2 Å². The molecule has 0 aromatic carbocycles. The highest BCUT2D eigenvalue weighted by Crippen LogP contribution is 2.05. The topological polar surface area (TPSA) is 61.4 Å². The molecule has 0 aliphatic rings. The second-order valence-corrected chi connectivity index (χ2v) is 4.70. The average Bonchev–Trinajstić information content (AvgIpc) is 2.16. The summed E-state index contributed by atoms with van der Waals surface area (Å²) < 4.78 is 0. The van der Waals surface area contributed by atoms with E-state index in [1.165, 1.54) is 0 Å². The number of amides is 1. The number of aliphatic hydroxyl groups is 1. The van der Waals surface area contributed by atoms with E-state index in [9.17, 15) is 4.79 Å². The summed E-state index contributed by atoms with van der Waals surface area (Å²) in [5.74, 6) is 0.198. The van der Waals surface area contributed by atoms with Crippen molar-refractivity contribution in [3.63, 3.8) is 0 Å². The van der Waals surface area contributed by atoms with Crippen LogP contribution >= 0.6 is 0 Å². The number of carbonyl (C=O) groups excluding carboxylic acids is 1. The molecule has 0 heterocycles. The molecule has 3 N–H and O–H groups in total. The van der Waals surface area contributed by atoms with Gasteiger partial charge in [0.05, 0.1) is 6.54 Å². The Balaban J connectivity index is 3.67. The second kappa shape index (κ2) is 6.80. The maximum absolute atomic E-state index is 11.5. The molecule has 4 heteroatoms. The van der Waals surface area contributed by atoms with Crippen LogP contribution in [0.25, 0.3) is 0 Å². The highest BCUT2D eigenvalue weighted by molar-refractivity contribution is 5.78. The van der Waals surface area contributed by atoms with Crippen molar-refractivity contribution in [3.05, 3.63) is 0 Å². The SMILES string of the molecule is CCC(C)(C)NC(=O)CNCC(C)CO. The van der Waals surface area contributed by atoms with Crippen LogP contribution in [0, 0.1) is 5.92 Å². The monoisotopic (exact) mass is 216 g/mol. The largest absolute Gasteiger partial charge is 0.396 e. The first-order valence-electron chi connectivity index (χ1n) is 5.54. The third kappa shape index (κ3) is 7.33. The van der Waals surface area contributed by atoms with Crippen molar-refractivity contribution >= 4 is 5.91 Å². The number of hydrogen-bond donors (Lipinski definition) is 3. The van der Waals surface area contributed by atoms with Gasteiger partial charge >= 0.3 is 0 Å². The number of aliphatic hydroxyl groups excluding tert-OH is 1. The van der Waals surface area contributed by atoms with Crippen molar-refractivity contribution in [3.8, 4) is 0 Å². The molecule has 0 radical (unpaired) electrons. The lowest BCUT2D eigenvalue weighted by atomic mass is 10.0. The van der Waals surface area contributed by atoms with Crippen molar-refractivity contribution in [2.45, 2.75) is 39.7 Å². The average molecular weight is 216 g/mol. The maximum Gasteiger partial charge on any atom is 0.234 e. The zero-order valence-corrected chi connectivity index (χ0v) is 10.3. The molecule has 0 aromatic heterocycles. The van der Waals surface area contributed by atoms with Crippen molar-refractivity contribution in [1.29, 1.82) is 0 Å². The van der Waals surface area contributed by atoms with Crippen LogP contribution < -0.4 is 10.6 Å². The van der Waals surface area contributed by atoms with Crippen LogP contribution in [0.1, 0.15) is 34.1 Å². The van der Waals surface area contributed by atoms with E-state index in [-0.39, 0.29) is 24.0 Å². The number of carbonyl (C=O) groups is 1. The van der Waals surface area contributed by atoms with Crippen LogP contribution in [0.3, 0.4) is 0 Å². The van der Waals surface area contributed by atoms with Gasteiger partial charge in [0.15, 0.2) is 0 Å².